The number of halogens is 2. The van der Waals surface area contributed by atoms with Crippen LogP contribution in [0.15, 0.2) is 46.9 Å². The highest BCUT2D eigenvalue weighted by atomic mass is 127. The molecule has 0 radical (unpaired) electrons. The highest BCUT2D eigenvalue weighted by molar-refractivity contribution is 14.1. The first kappa shape index (κ1) is 15.8. The molecule has 0 saturated carbocycles. The number of hydrogen-bond donors (Lipinski definition) is 1. The van der Waals surface area contributed by atoms with Crippen LogP contribution >= 0.6 is 38.5 Å². The molecule has 2 nitrogen and oxygen atoms in total. The van der Waals surface area contributed by atoms with E-state index in [-0.39, 0.29) is 0 Å². The highest BCUT2D eigenvalue weighted by Crippen LogP contribution is 2.29. The summed E-state index contributed by atoms with van der Waals surface area (Å²) in [7, 11) is 0. The van der Waals surface area contributed by atoms with E-state index in [2.05, 4.69) is 81.1 Å². The summed E-state index contributed by atoms with van der Waals surface area (Å²) in [4.78, 5) is 0. The lowest BCUT2D eigenvalue weighted by molar-refractivity contribution is 0.300. The van der Waals surface area contributed by atoms with Gasteiger partial charge in [-0.3, -0.25) is 0 Å². The minimum absolute atomic E-state index is 0.582. The minimum Gasteiger partial charge on any atom is -0.487 e. The molecule has 0 saturated heterocycles. The second-order valence-corrected chi connectivity index (χ2v) is 6.52. The predicted molar refractivity (Wildman–Crippen MR) is 95.0 cm³/mol. The normalized spacial score (nSPS) is 10.6. The van der Waals surface area contributed by atoms with Gasteiger partial charge in [-0.2, -0.15) is 0 Å². The van der Waals surface area contributed by atoms with Gasteiger partial charge in [0.2, 0.25) is 0 Å². The van der Waals surface area contributed by atoms with E-state index in [0.717, 1.165) is 23.3 Å². The molecule has 2 rings (SSSR count). The van der Waals surface area contributed by atoms with E-state index in [9.17, 15) is 0 Å². The van der Waals surface area contributed by atoms with Crippen molar-refractivity contribution in [2.75, 3.05) is 6.54 Å². The van der Waals surface area contributed by atoms with Crippen molar-refractivity contribution in [3.05, 3.63) is 61.6 Å². The molecule has 20 heavy (non-hydrogen) atoms. The Morgan fingerprint density at radius 2 is 1.90 bits per heavy atom. The summed E-state index contributed by atoms with van der Waals surface area (Å²) in [5.74, 6) is 0.923. The Bertz CT molecular complexity index is 557. The molecule has 2 aromatic rings. The van der Waals surface area contributed by atoms with E-state index in [1.165, 1.54) is 14.7 Å². The van der Waals surface area contributed by atoms with Crippen LogP contribution < -0.4 is 10.1 Å². The van der Waals surface area contributed by atoms with Gasteiger partial charge in [-0.05, 0) is 68.8 Å². The zero-order valence-electron chi connectivity index (χ0n) is 11.3. The van der Waals surface area contributed by atoms with E-state index >= 15 is 0 Å². The van der Waals surface area contributed by atoms with Crippen LogP contribution in [0.25, 0.3) is 0 Å². The van der Waals surface area contributed by atoms with Crippen LogP contribution in [0.2, 0.25) is 0 Å². The lowest BCUT2D eigenvalue weighted by atomic mass is 10.2. The maximum absolute atomic E-state index is 6.00. The third-order valence-corrected chi connectivity index (χ3v) is 4.25. The molecule has 0 unspecified atom stereocenters. The molecule has 0 bridgehead atoms. The van der Waals surface area contributed by atoms with Crippen LogP contribution in [0.5, 0.6) is 5.75 Å². The van der Waals surface area contributed by atoms with Gasteiger partial charge in [0.15, 0.2) is 0 Å². The smallest absolute Gasteiger partial charge is 0.138 e. The highest BCUT2D eigenvalue weighted by Gasteiger charge is 2.08. The van der Waals surface area contributed by atoms with Gasteiger partial charge in [-0.1, -0.05) is 31.2 Å². The maximum atomic E-state index is 6.00. The molecule has 0 fully saturated rings. The second-order valence-electron chi connectivity index (χ2n) is 4.42. The summed E-state index contributed by atoms with van der Waals surface area (Å²) >= 11 is 5.88. The van der Waals surface area contributed by atoms with Crippen molar-refractivity contribution in [3.8, 4) is 5.75 Å². The van der Waals surface area contributed by atoms with Crippen LogP contribution in [-0.2, 0) is 13.2 Å². The SMILES string of the molecule is CCNCc1cccc(Br)c1OCc1ccc(I)cc1. The van der Waals surface area contributed by atoms with Gasteiger partial charge < -0.3 is 10.1 Å². The minimum atomic E-state index is 0.582. The summed E-state index contributed by atoms with van der Waals surface area (Å²) in [5.41, 5.74) is 2.35. The Balaban J connectivity index is 2.09. The van der Waals surface area contributed by atoms with Crippen molar-refractivity contribution in [2.45, 2.75) is 20.1 Å². The molecule has 4 heteroatoms. The van der Waals surface area contributed by atoms with Crippen LogP contribution in [0.3, 0.4) is 0 Å². The number of ether oxygens (including phenoxy) is 1. The number of para-hydroxylation sites is 1. The summed E-state index contributed by atoms with van der Waals surface area (Å²) in [6, 6.07) is 14.5. The Morgan fingerprint density at radius 3 is 2.60 bits per heavy atom. The molecule has 0 aliphatic heterocycles. The summed E-state index contributed by atoms with van der Waals surface area (Å²) in [6.45, 7) is 4.45. The average Bonchev–Trinajstić information content (AvgIpc) is 2.46. The molecule has 1 N–H and O–H groups in total. The van der Waals surface area contributed by atoms with Gasteiger partial charge >= 0.3 is 0 Å². The van der Waals surface area contributed by atoms with Crippen LogP contribution in [0.4, 0.5) is 0 Å². The number of benzene rings is 2. The van der Waals surface area contributed by atoms with E-state index in [1.807, 2.05) is 12.1 Å². The predicted octanol–water partition coefficient (Wildman–Crippen LogP) is 4.74. The van der Waals surface area contributed by atoms with E-state index in [0.29, 0.717) is 6.61 Å². The van der Waals surface area contributed by atoms with Gasteiger partial charge in [-0.25, -0.2) is 0 Å². The van der Waals surface area contributed by atoms with Gasteiger partial charge in [0, 0.05) is 15.7 Å². The first-order valence-electron chi connectivity index (χ1n) is 6.56. The molecule has 0 amide bonds. The zero-order valence-corrected chi connectivity index (χ0v) is 15.1. The lowest BCUT2D eigenvalue weighted by Crippen LogP contribution is -2.13. The number of nitrogens with one attached hydrogen (secondary N) is 1. The lowest BCUT2D eigenvalue weighted by Gasteiger charge is -2.14. The quantitative estimate of drug-likeness (QED) is 0.648. The van der Waals surface area contributed by atoms with E-state index < -0.39 is 0 Å². The van der Waals surface area contributed by atoms with Gasteiger partial charge in [0.1, 0.15) is 12.4 Å². The standard InChI is InChI=1S/C16H17BrINO/c1-2-19-10-13-4-3-5-15(17)16(13)20-11-12-6-8-14(18)9-7-12/h3-9,19H,2,10-11H2,1H3. The fraction of sp³-hybridized carbons (Fsp3) is 0.250. The van der Waals surface area contributed by atoms with E-state index in [1.54, 1.807) is 0 Å². The molecular weight excluding hydrogens is 429 g/mol. The van der Waals surface area contributed by atoms with Crippen LogP contribution in [-0.4, -0.2) is 6.54 Å². The molecule has 0 spiro atoms. The van der Waals surface area contributed by atoms with Crippen molar-refractivity contribution in [2.24, 2.45) is 0 Å². The van der Waals surface area contributed by atoms with Crippen molar-refractivity contribution < 1.29 is 4.74 Å². The molecule has 0 aromatic heterocycles. The van der Waals surface area contributed by atoms with Crippen LogP contribution in [0, 0.1) is 3.57 Å². The first-order chi connectivity index (χ1) is 9.70. The monoisotopic (exact) mass is 445 g/mol. The first-order valence-corrected chi connectivity index (χ1v) is 8.43. The largest absolute Gasteiger partial charge is 0.487 e. The third kappa shape index (κ3) is 4.46. The summed E-state index contributed by atoms with van der Waals surface area (Å²) in [5, 5.41) is 3.34. The molecule has 0 aliphatic rings. The fourth-order valence-electron chi connectivity index (χ4n) is 1.85. The van der Waals surface area contributed by atoms with Crippen molar-refractivity contribution >= 4 is 38.5 Å². The molecule has 106 valence electrons. The van der Waals surface area contributed by atoms with Gasteiger partial charge in [-0.15, -0.1) is 0 Å². The summed E-state index contributed by atoms with van der Waals surface area (Å²) < 4.78 is 8.24. The van der Waals surface area contributed by atoms with Gasteiger partial charge in [0.25, 0.3) is 0 Å². The molecule has 0 aliphatic carbocycles. The molecule has 0 atom stereocenters. The Morgan fingerprint density at radius 1 is 1.15 bits per heavy atom. The van der Waals surface area contributed by atoms with Crippen LogP contribution in [0.1, 0.15) is 18.1 Å². The Kier molecular flexibility index (Phi) is 6.32. The van der Waals surface area contributed by atoms with Gasteiger partial charge in [0.05, 0.1) is 4.47 Å². The van der Waals surface area contributed by atoms with E-state index in [4.69, 9.17) is 4.74 Å². The topological polar surface area (TPSA) is 21.3 Å². The Hall–Kier alpha value is -0.590. The summed E-state index contributed by atoms with van der Waals surface area (Å²) in [6.07, 6.45) is 0. The molecule has 2 aromatic carbocycles. The average molecular weight is 446 g/mol. The second kappa shape index (κ2) is 8.00. The number of hydrogen-bond acceptors (Lipinski definition) is 2. The zero-order chi connectivity index (χ0) is 14.4. The Labute approximate surface area is 142 Å². The van der Waals surface area contributed by atoms with Crippen molar-refractivity contribution in [3.63, 3.8) is 0 Å². The van der Waals surface area contributed by atoms with Crippen molar-refractivity contribution in [1.82, 2.24) is 5.32 Å². The van der Waals surface area contributed by atoms with Crippen molar-refractivity contribution in [1.29, 1.82) is 0 Å². The molecule has 0 heterocycles. The number of rotatable bonds is 6. The fourth-order valence-corrected chi connectivity index (χ4v) is 2.73. The third-order valence-electron chi connectivity index (χ3n) is 2.91. The maximum Gasteiger partial charge on any atom is 0.138 e. The molecular formula is C16H17BrINO.